The average Bonchev–Trinajstić information content (AvgIpc) is 2.05. The molecule has 0 amide bonds. The highest BCUT2D eigenvalue weighted by molar-refractivity contribution is 14.1. The van der Waals surface area contributed by atoms with E-state index in [1.54, 1.807) is 4.08 Å². The van der Waals surface area contributed by atoms with Gasteiger partial charge in [-0.25, -0.2) is 4.79 Å². The van der Waals surface area contributed by atoms with Gasteiger partial charge in [0.05, 0.1) is 18.8 Å². The van der Waals surface area contributed by atoms with E-state index in [4.69, 9.17) is 0 Å². The Morgan fingerprint density at radius 2 is 2.08 bits per heavy atom. The SMILES string of the molecule is COC(=O)/C(=C\I)C(O)C(C)C. The molecule has 70 valence electrons. The quantitative estimate of drug-likeness (QED) is 0.485. The van der Waals surface area contributed by atoms with Crippen molar-refractivity contribution in [1.82, 2.24) is 0 Å². The predicted molar refractivity (Wildman–Crippen MR) is 55.0 cm³/mol. The van der Waals surface area contributed by atoms with Crippen molar-refractivity contribution >= 4 is 28.6 Å². The number of rotatable bonds is 3. The summed E-state index contributed by atoms with van der Waals surface area (Å²) in [6, 6.07) is 0. The summed E-state index contributed by atoms with van der Waals surface area (Å²) >= 11 is 1.91. The molecule has 1 atom stereocenters. The molecule has 0 aromatic rings. The van der Waals surface area contributed by atoms with Gasteiger partial charge in [-0.3, -0.25) is 0 Å². The fraction of sp³-hybridized carbons (Fsp3) is 0.625. The molecule has 3 nitrogen and oxygen atoms in total. The van der Waals surface area contributed by atoms with E-state index in [1.165, 1.54) is 7.11 Å². The molecule has 0 radical (unpaired) electrons. The summed E-state index contributed by atoms with van der Waals surface area (Å²) < 4.78 is 6.05. The molecule has 0 aliphatic carbocycles. The number of aliphatic hydroxyl groups is 1. The van der Waals surface area contributed by atoms with E-state index in [1.807, 2.05) is 36.4 Å². The van der Waals surface area contributed by atoms with Crippen molar-refractivity contribution in [3.05, 3.63) is 9.66 Å². The fourth-order valence-corrected chi connectivity index (χ4v) is 1.33. The van der Waals surface area contributed by atoms with Gasteiger partial charge in [0.1, 0.15) is 0 Å². The molecule has 1 unspecified atom stereocenters. The van der Waals surface area contributed by atoms with Gasteiger partial charge in [0.2, 0.25) is 0 Å². The largest absolute Gasteiger partial charge is 0.466 e. The lowest BCUT2D eigenvalue weighted by atomic mass is 10.0. The minimum absolute atomic E-state index is 0.0186. The van der Waals surface area contributed by atoms with Crippen LogP contribution in [0.25, 0.3) is 0 Å². The second kappa shape index (κ2) is 5.53. The standard InChI is InChI=1S/C8H13IO3/c1-5(2)7(10)6(4-9)8(11)12-3/h4-5,7,10H,1-3H3/b6-4-. The Kier molecular flexibility index (Phi) is 5.48. The Morgan fingerprint density at radius 3 is 2.33 bits per heavy atom. The Morgan fingerprint density at radius 1 is 1.58 bits per heavy atom. The zero-order chi connectivity index (χ0) is 9.72. The first-order valence-electron chi connectivity index (χ1n) is 3.61. The van der Waals surface area contributed by atoms with Crippen LogP contribution in [0.3, 0.4) is 0 Å². The maximum absolute atomic E-state index is 11.0. The molecule has 0 aromatic heterocycles. The summed E-state index contributed by atoms with van der Waals surface area (Å²) in [5.74, 6) is -0.448. The summed E-state index contributed by atoms with van der Waals surface area (Å²) in [5.41, 5.74) is 0.313. The number of ether oxygens (including phenoxy) is 1. The predicted octanol–water partition coefficient (Wildman–Crippen LogP) is 1.50. The van der Waals surface area contributed by atoms with E-state index in [9.17, 15) is 9.90 Å². The Hall–Kier alpha value is -0.100. The highest BCUT2D eigenvalue weighted by atomic mass is 127. The molecule has 0 spiro atoms. The lowest BCUT2D eigenvalue weighted by Gasteiger charge is -2.15. The zero-order valence-corrected chi connectivity index (χ0v) is 9.53. The number of halogens is 1. The molecule has 0 rings (SSSR count). The van der Waals surface area contributed by atoms with Crippen molar-refractivity contribution in [2.45, 2.75) is 20.0 Å². The molecule has 12 heavy (non-hydrogen) atoms. The van der Waals surface area contributed by atoms with Crippen LogP contribution in [0.1, 0.15) is 13.8 Å². The van der Waals surface area contributed by atoms with E-state index < -0.39 is 12.1 Å². The molecule has 0 aromatic carbocycles. The third-order valence-electron chi connectivity index (χ3n) is 1.49. The fourth-order valence-electron chi connectivity index (χ4n) is 0.707. The summed E-state index contributed by atoms with van der Waals surface area (Å²) in [6.45, 7) is 3.68. The third-order valence-corrected chi connectivity index (χ3v) is 2.16. The highest BCUT2D eigenvalue weighted by Crippen LogP contribution is 2.15. The zero-order valence-electron chi connectivity index (χ0n) is 7.37. The first-order chi connectivity index (χ1) is 5.54. The smallest absolute Gasteiger partial charge is 0.336 e. The van der Waals surface area contributed by atoms with Crippen LogP contribution < -0.4 is 0 Å². The number of methoxy groups -OCH3 is 1. The molecule has 0 saturated heterocycles. The second-order valence-electron chi connectivity index (χ2n) is 2.74. The minimum Gasteiger partial charge on any atom is -0.466 e. The van der Waals surface area contributed by atoms with E-state index in [2.05, 4.69) is 4.74 Å². The summed E-state index contributed by atoms with van der Waals surface area (Å²) in [5, 5.41) is 9.51. The maximum Gasteiger partial charge on any atom is 0.336 e. The van der Waals surface area contributed by atoms with Crippen LogP contribution in [0.5, 0.6) is 0 Å². The molecule has 0 aliphatic rings. The van der Waals surface area contributed by atoms with Crippen LogP contribution in [0.15, 0.2) is 9.66 Å². The molecular formula is C8H13IO3. The minimum atomic E-state index is -0.741. The molecule has 4 heteroatoms. The van der Waals surface area contributed by atoms with Gasteiger partial charge in [0, 0.05) is 0 Å². The first kappa shape index (κ1) is 11.9. The third kappa shape index (κ3) is 3.10. The van der Waals surface area contributed by atoms with Crippen LogP contribution in [-0.4, -0.2) is 24.3 Å². The van der Waals surface area contributed by atoms with Gasteiger partial charge in [-0.2, -0.15) is 0 Å². The molecule has 1 N–H and O–H groups in total. The summed E-state index contributed by atoms with van der Waals surface area (Å²) in [4.78, 5) is 11.0. The molecule has 0 saturated carbocycles. The Bertz CT molecular complexity index is 187. The van der Waals surface area contributed by atoms with Crippen molar-refractivity contribution in [2.75, 3.05) is 7.11 Å². The van der Waals surface area contributed by atoms with Gasteiger partial charge >= 0.3 is 5.97 Å². The molecule has 0 aliphatic heterocycles. The van der Waals surface area contributed by atoms with Crippen LogP contribution in [-0.2, 0) is 9.53 Å². The average molecular weight is 284 g/mol. The molecular weight excluding hydrogens is 271 g/mol. The molecule has 0 bridgehead atoms. The highest BCUT2D eigenvalue weighted by Gasteiger charge is 2.21. The van der Waals surface area contributed by atoms with Crippen LogP contribution in [0.2, 0.25) is 0 Å². The maximum atomic E-state index is 11.0. The van der Waals surface area contributed by atoms with Gasteiger partial charge in [-0.15, -0.1) is 0 Å². The Labute approximate surface area is 85.9 Å². The summed E-state index contributed by atoms with van der Waals surface area (Å²) in [7, 11) is 1.30. The van der Waals surface area contributed by atoms with Gasteiger partial charge < -0.3 is 9.84 Å². The number of esters is 1. The van der Waals surface area contributed by atoms with Crippen molar-refractivity contribution in [3.63, 3.8) is 0 Å². The van der Waals surface area contributed by atoms with Crippen LogP contribution >= 0.6 is 22.6 Å². The van der Waals surface area contributed by atoms with Gasteiger partial charge in [-0.1, -0.05) is 36.4 Å². The number of aliphatic hydroxyl groups excluding tert-OH is 1. The van der Waals surface area contributed by atoms with E-state index in [0.29, 0.717) is 5.57 Å². The van der Waals surface area contributed by atoms with E-state index in [0.717, 1.165) is 0 Å². The number of carbonyl (C=O) groups is 1. The second-order valence-corrected chi connectivity index (χ2v) is 3.37. The summed E-state index contributed by atoms with van der Waals surface area (Å²) in [6.07, 6.45) is -0.741. The lowest BCUT2D eigenvalue weighted by molar-refractivity contribution is -0.137. The Balaban J connectivity index is 4.47. The number of hydrogen-bond donors (Lipinski definition) is 1. The van der Waals surface area contributed by atoms with E-state index >= 15 is 0 Å². The van der Waals surface area contributed by atoms with E-state index in [-0.39, 0.29) is 5.92 Å². The van der Waals surface area contributed by atoms with Crippen molar-refractivity contribution < 1.29 is 14.6 Å². The monoisotopic (exact) mass is 284 g/mol. The van der Waals surface area contributed by atoms with Crippen molar-refractivity contribution in [3.8, 4) is 0 Å². The van der Waals surface area contributed by atoms with Crippen molar-refractivity contribution in [2.24, 2.45) is 5.92 Å². The number of hydrogen-bond acceptors (Lipinski definition) is 3. The van der Waals surface area contributed by atoms with Crippen LogP contribution in [0, 0.1) is 5.92 Å². The topological polar surface area (TPSA) is 46.5 Å². The number of carbonyl (C=O) groups excluding carboxylic acids is 1. The normalized spacial score (nSPS) is 14.7. The molecule has 0 fully saturated rings. The molecule has 0 heterocycles. The van der Waals surface area contributed by atoms with Gasteiger partial charge in [-0.05, 0) is 10.0 Å². The van der Waals surface area contributed by atoms with Gasteiger partial charge in [0.25, 0.3) is 0 Å². The first-order valence-corrected chi connectivity index (χ1v) is 4.85. The lowest BCUT2D eigenvalue weighted by Crippen LogP contribution is -2.23. The van der Waals surface area contributed by atoms with Gasteiger partial charge in [0.15, 0.2) is 0 Å². The van der Waals surface area contributed by atoms with Crippen LogP contribution in [0.4, 0.5) is 0 Å². The van der Waals surface area contributed by atoms with Crippen molar-refractivity contribution in [1.29, 1.82) is 0 Å².